The van der Waals surface area contributed by atoms with Crippen LogP contribution in [0.4, 0.5) is 0 Å². The number of ether oxygens (including phenoxy) is 2. The second kappa shape index (κ2) is 11.2. The number of imidazole rings is 1. The van der Waals surface area contributed by atoms with E-state index >= 15 is 0 Å². The van der Waals surface area contributed by atoms with Crippen LogP contribution in [0.1, 0.15) is 36.5 Å². The van der Waals surface area contributed by atoms with Gasteiger partial charge in [0, 0.05) is 18.7 Å². The van der Waals surface area contributed by atoms with Crippen LogP contribution >= 0.6 is 0 Å². The second-order valence-electron chi connectivity index (χ2n) is 7.21. The minimum atomic E-state index is -0.343. The predicted molar refractivity (Wildman–Crippen MR) is 123 cm³/mol. The molecule has 1 aromatic heterocycles. The maximum Gasteiger partial charge on any atom is 0.251 e. The highest BCUT2D eigenvalue weighted by Gasteiger charge is 2.13. The van der Waals surface area contributed by atoms with Crippen molar-refractivity contribution in [1.82, 2.24) is 20.2 Å². The first-order valence-corrected chi connectivity index (χ1v) is 10.9. The van der Waals surface area contributed by atoms with E-state index < -0.39 is 0 Å². The van der Waals surface area contributed by atoms with E-state index in [1.54, 1.807) is 18.2 Å². The molecule has 0 radical (unpaired) electrons. The summed E-state index contributed by atoms with van der Waals surface area (Å²) >= 11 is 0. The molecule has 32 heavy (non-hydrogen) atoms. The number of nitrogens with one attached hydrogen (secondary N) is 2. The van der Waals surface area contributed by atoms with Crippen LogP contribution in [0, 0.1) is 6.92 Å². The van der Waals surface area contributed by atoms with Gasteiger partial charge in [-0.15, -0.1) is 0 Å². The molecule has 8 nitrogen and oxygen atoms in total. The molecule has 0 atom stereocenters. The van der Waals surface area contributed by atoms with Crippen LogP contribution in [-0.4, -0.2) is 47.7 Å². The molecule has 170 valence electrons. The second-order valence-corrected chi connectivity index (χ2v) is 7.21. The first-order chi connectivity index (χ1) is 15.5. The van der Waals surface area contributed by atoms with E-state index in [0.717, 1.165) is 29.8 Å². The molecule has 3 aromatic rings. The molecule has 3 rings (SSSR count). The Hall–Kier alpha value is -3.55. The van der Waals surface area contributed by atoms with E-state index in [1.165, 1.54) is 0 Å². The monoisotopic (exact) mass is 438 g/mol. The fourth-order valence-corrected chi connectivity index (χ4v) is 3.46. The average molecular weight is 439 g/mol. The maximum absolute atomic E-state index is 12.4. The van der Waals surface area contributed by atoms with Crippen molar-refractivity contribution in [3.63, 3.8) is 0 Å². The molecular weight excluding hydrogens is 408 g/mol. The molecule has 1 heterocycles. The van der Waals surface area contributed by atoms with Gasteiger partial charge in [-0.25, -0.2) is 4.98 Å². The van der Waals surface area contributed by atoms with E-state index in [4.69, 9.17) is 9.47 Å². The first kappa shape index (κ1) is 23.1. The van der Waals surface area contributed by atoms with E-state index in [2.05, 4.69) is 20.2 Å². The van der Waals surface area contributed by atoms with Gasteiger partial charge in [0.2, 0.25) is 5.91 Å². The number of carbonyl (C=O) groups is 2. The lowest BCUT2D eigenvalue weighted by Gasteiger charge is -2.12. The van der Waals surface area contributed by atoms with Gasteiger partial charge in [0.25, 0.3) is 5.91 Å². The van der Waals surface area contributed by atoms with Gasteiger partial charge >= 0.3 is 0 Å². The maximum atomic E-state index is 12.4. The number of para-hydroxylation sites is 2. The molecule has 2 aromatic carbocycles. The molecule has 0 aliphatic carbocycles. The molecule has 0 unspecified atom stereocenters. The van der Waals surface area contributed by atoms with Gasteiger partial charge in [0.15, 0.2) is 11.5 Å². The average Bonchev–Trinajstić information content (AvgIpc) is 3.11. The molecule has 8 heteroatoms. The third kappa shape index (κ3) is 5.78. The highest BCUT2D eigenvalue weighted by Crippen LogP contribution is 2.28. The predicted octanol–water partition coefficient (Wildman–Crippen LogP) is 3.08. The topological polar surface area (TPSA) is 94.5 Å². The smallest absolute Gasteiger partial charge is 0.251 e. The summed E-state index contributed by atoms with van der Waals surface area (Å²) in [7, 11) is 0. The summed E-state index contributed by atoms with van der Waals surface area (Å²) in [6.45, 7) is 7.86. The number of nitrogens with zero attached hydrogens (tertiary/aromatic N) is 2. The standard InChI is InChI=1S/C24H30N4O4/c1-4-31-21-12-11-18(15-22(21)32-5-2)24(30)26-16-23(29)25-13-8-14-28-17(3)27-19-9-6-7-10-20(19)28/h6-7,9-12,15H,4-5,8,13-14,16H2,1-3H3,(H,25,29)(H,26,30). The van der Waals surface area contributed by atoms with Crippen molar-refractivity contribution in [3.05, 3.63) is 53.9 Å². The number of carbonyl (C=O) groups excluding carboxylic acids is 2. The fourth-order valence-electron chi connectivity index (χ4n) is 3.46. The molecule has 0 aliphatic heterocycles. The van der Waals surface area contributed by atoms with Gasteiger partial charge in [0.1, 0.15) is 5.82 Å². The number of aromatic nitrogens is 2. The normalized spacial score (nSPS) is 10.7. The molecule has 0 spiro atoms. The summed E-state index contributed by atoms with van der Waals surface area (Å²) in [4.78, 5) is 29.1. The molecular formula is C24H30N4O4. The molecule has 0 fully saturated rings. The third-order valence-corrected chi connectivity index (χ3v) is 4.94. The molecule has 2 amide bonds. The summed E-state index contributed by atoms with van der Waals surface area (Å²) in [5, 5.41) is 5.49. The zero-order chi connectivity index (χ0) is 22.9. The van der Waals surface area contributed by atoms with Crippen molar-refractivity contribution in [2.45, 2.75) is 33.7 Å². The van der Waals surface area contributed by atoms with E-state index in [-0.39, 0.29) is 18.4 Å². The van der Waals surface area contributed by atoms with E-state index in [0.29, 0.717) is 36.8 Å². The van der Waals surface area contributed by atoms with Crippen LogP contribution < -0.4 is 20.1 Å². The molecule has 0 aliphatic rings. The van der Waals surface area contributed by atoms with Crippen molar-refractivity contribution in [1.29, 1.82) is 0 Å². The molecule has 0 saturated heterocycles. The summed E-state index contributed by atoms with van der Waals surface area (Å²) in [5.74, 6) is 1.47. The fraction of sp³-hybridized carbons (Fsp3) is 0.375. The van der Waals surface area contributed by atoms with Gasteiger partial charge in [-0.3, -0.25) is 9.59 Å². The lowest BCUT2D eigenvalue weighted by atomic mass is 10.2. The minimum Gasteiger partial charge on any atom is -0.490 e. The van der Waals surface area contributed by atoms with Crippen LogP contribution in [0.15, 0.2) is 42.5 Å². The van der Waals surface area contributed by atoms with Gasteiger partial charge in [0.05, 0.1) is 30.8 Å². The van der Waals surface area contributed by atoms with E-state index in [9.17, 15) is 9.59 Å². The number of amides is 2. The summed E-state index contributed by atoms with van der Waals surface area (Å²) < 4.78 is 13.2. The Morgan fingerprint density at radius 1 is 1.00 bits per heavy atom. The van der Waals surface area contributed by atoms with Gasteiger partial charge in [-0.05, 0) is 57.5 Å². The van der Waals surface area contributed by atoms with Crippen LogP contribution in [0.5, 0.6) is 11.5 Å². The van der Waals surface area contributed by atoms with Crippen molar-refractivity contribution < 1.29 is 19.1 Å². The van der Waals surface area contributed by atoms with Gasteiger partial charge in [-0.1, -0.05) is 12.1 Å². The lowest BCUT2D eigenvalue weighted by molar-refractivity contribution is -0.120. The van der Waals surface area contributed by atoms with Crippen LogP contribution in [-0.2, 0) is 11.3 Å². The molecule has 0 bridgehead atoms. The first-order valence-electron chi connectivity index (χ1n) is 10.9. The summed E-state index contributed by atoms with van der Waals surface area (Å²) in [6.07, 6.45) is 0.761. The quantitative estimate of drug-likeness (QED) is 0.449. The highest BCUT2D eigenvalue weighted by molar-refractivity contribution is 5.97. The third-order valence-electron chi connectivity index (χ3n) is 4.94. The molecule has 0 saturated carbocycles. The van der Waals surface area contributed by atoms with Crippen LogP contribution in [0.25, 0.3) is 11.0 Å². The van der Waals surface area contributed by atoms with Gasteiger partial charge in [-0.2, -0.15) is 0 Å². The molecule has 2 N–H and O–H groups in total. The SMILES string of the molecule is CCOc1ccc(C(=O)NCC(=O)NCCCn2c(C)nc3ccccc32)cc1OCC. The lowest BCUT2D eigenvalue weighted by Crippen LogP contribution is -2.37. The Morgan fingerprint density at radius 2 is 1.75 bits per heavy atom. The number of aryl methyl sites for hydroxylation is 2. The van der Waals surface area contributed by atoms with Crippen molar-refractivity contribution in [2.24, 2.45) is 0 Å². The zero-order valence-corrected chi connectivity index (χ0v) is 18.8. The number of fused-ring (bicyclic) bond motifs is 1. The summed E-state index contributed by atoms with van der Waals surface area (Å²) in [6, 6.07) is 13.0. The number of rotatable bonds is 11. The van der Waals surface area contributed by atoms with Crippen LogP contribution in [0.3, 0.4) is 0 Å². The van der Waals surface area contributed by atoms with Crippen LogP contribution in [0.2, 0.25) is 0 Å². The number of benzene rings is 2. The Bertz CT molecular complexity index is 1080. The minimum absolute atomic E-state index is 0.0942. The largest absolute Gasteiger partial charge is 0.490 e. The Labute approximate surface area is 187 Å². The Balaban J connectivity index is 1.45. The number of hydrogen-bond acceptors (Lipinski definition) is 5. The summed E-state index contributed by atoms with van der Waals surface area (Å²) in [5.41, 5.74) is 2.47. The zero-order valence-electron chi connectivity index (χ0n) is 18.8. The van der Waals surface area contributed by atoms with Crippen molar-refractivity contribution >= 4 is 22.8 Å². The van der Waals surface area contributed by atoms with Crippen molar-refractivity contribution in [3.8, 4) is 11.5 Å². The Morgan fingerprint density at radius 3 is 2.53 bits per heavy atom. The Kier molecular flexibility index (Phi) is 8.08. The highest BCUT2D eigenvalue weighted by atomic mass is 16.5. The van der Waals surface area contributed by atoms with Gasteiger partial charge < -0.3 is 24.7 Å². The van der Waals surface area contributed by atoms with E-state index in [1.807, 2.05) is 45.0 Å². The number of hydrogen-bond donors (Lipinski definition) is 2. The van der Waals surface area contributed by atoms with Crippen molar-refractivity contribution in [2.75, 3.05) is 26.3 Å².